The first kappa shape index (κ1) is 21.7. The number of pyridine rings is 2. The summed E-state index contributed by atoms with van der Waals surface area (Å²) in [6.45, 7) is 0.330. The highest BCUT2D eigenvalue weighted by Crippen LogP contribution is 2.31. The molecule has 1 aliphatic heterocycles. The number of hydrogen-bond donors (Lipinski definition) is 1. The number of urea groups is 1. The number of aromatic nitrogens is 2. The summed E-state index contributed by atoms with van der Waals surface area (Å²) in [6.07, 6.45) is -2.90. The van der Waals surface area contributed by atoms with Gasteiger partial charge in [-0.15, -0.1) is 0 Å². The third kappa shape index (κ3) is 4.41. The highest BCUT2D eigenvalue weighted by atomic mass is 19.4. The quantitative estimate of drug-likeness (QED) is 0.583. The lowest BCUT2D eigenvalue weighted by molar-refractivity contribution is -0.137. The average Bonchev–Trinajstić information content (AvgIpc) is 2.73. The molecule has 2 amide bonds. The van der Waals surface area contributed by atoms with Crippen LogP contribution in [0.4, 0.5) is 29.6 Å². The Balaban J connectivity index is 1.88. The van der Waals surface area contributed by atoms with Crippen LogP contribution in [0.5, 0.6) is 0 Å². The number of halogens is 3. The van der Waals surface area contributed by atoms with Crippen LogP contribution in [0.1, 0.15) is 39.9 Å². The summed E-state index contributed by atoms with van der Waals surface area (Å²) in [7, 11) is 2.79. The molecule has 0 aliphatic carbocycles. The summed E-state index contributed by atoms with van der Waals surface area (Å²) in [5.41, 5.74) is 0.283. The number of methoxy groups -OCH3 is 2. The van der Waals surface area contributed by atoms with Crippen LogP contribution in [-0.2, 0) is 22.1 Å². The van der Waals surface area contributed by atoms with Crippen molar-refractivity contribution < 1.29 is 32.2 Å². The summed E-state index contributed by atoms with van der Waals surface area (Å²) in [4.78, 5) is 33.7. The molecule has 0 spiro atoms. The van der Waals surface area contributed by atoms with Gasteiger partial charge in [0.1, 0.15) is 17.3 Å². The fourth-order valence-corrected chi connectivity index (χ4v) is 3.14. The van der Waals surface area contributed by atoms with Crippen molar-refractivity contribution in [2.45, 2.75) is 25.3 Å². The lowest BCUT2D eigenvalue weighted by Gasteiger charge is -2.29. The third-order valence-electron chi connectivity index (χ3n) is 4.57. The van der Waals surface area contributed by atoms with Crippen LogP contribution in [-0.4, -0.2) is 43.0 Å². The number of carbonyl (C=O) groups is 2. The number of fused-ring (bicyclic) bond motifs is 1. The Labute approximate surface area is 170 Å². The molecular weight excluding hydrogens is 405 g/mol. The zero-order valence-electron chi connectivity index (χ0n) is 16.2. The SMILES string of the molecule is COC(OC)c1nc2c(cc1C=O)CCCN2C(=O)Nc1ccc(C(F)(F)F)cn1. The van der Waals surface area contributed by atoms with Gasteiger partial charge in [0.15, 0.2) is 6.29 Å². The van der Waals surface area contributed by atoms with Crippen molar-refractivity contribution in [3.05, 3.63) is 46.8 Å². The number of nitrogens with one attached hydrogen (secondary N) is 1. The molecule has 30 heavy (non-hydrogen) atoms. The lowest BCUT2D eigenvalue weighted by atomic mass is 10.0. The van der Waals surface area contributed by atoms with Gasteiger partial charge in [-0.3, -0.25) is 15.0 Å². The summed E-state index contributed by atoms with van der Waals surface area (Å²) in [6, 6.07) is 2.94. The van der Waals surface area contributed by atoms with E-state index < -0.39 is 24.1 Å². The molecular formula is C19H19F3N4O4. The Hall–Kier alpha value is -3.05. The molecule has 2 aromatic rings. The van der Waals surface area contributed by atoms with Gasteiger partial charge in [0.2, 0.25) is 6.29 Å². The molecule has 0 unspecified atom stereocenters. The van der Waals surface area contributed by atoms with E-state index in [0.29, 0.717) is 43.3 Å². The maximum Gasteiger partial charge on any atom is 0.417 e. The first-order chi connectivity index (χ1) is 14.3. The Morgan fingerprint density at radius 1 is 1.30 bits per heavy atom. The molecule has 1 aliphatic rings. The smallest absolute Gasteiger partial charge is 0.350 e. The number of anilines is 2. The van der Waals surface area contributed by atoms with Gasteiger partial charge in [-0.2, -0.15) is 13.2 Å². The van der Waals surface area contributed by atoms with Crippen LogP contribution < -0.4 is 10.2 Å². The first-order valence-corrected chi connectivity index (χ1v) is 8.94. The molecule has 0 fully saturated rings. The van der Waals surface area contributed by atoms with E-state index in [1.54, 1.807) is 6.07 Å². The predicted molar refractivity (Wildman–Crippen MR) is 100 cm³/mol. The summed E-state index contributed by atoms with van der Waals surface area (Å²) in [5.74, 6) is 0.293. The predicted octanol–water partition coefficient (Wildman–Crippen LogP) is 3.58. The van der Waals surface area contributed by atoms with Crippen molar-refractivity contribution in [2.24, 2.45) is 0 Å². The van der Waals surface area contributed by atoms with Crippen molar-refractivity contribution >= 4 is 24.0 Å². The van der Waals surface area contributed by atoms with Crippen molar-refractivity contribution in [2.75, 3.05) is 31.0 Å². The van der Waals surface area contributed by atoms with Crippen molar-refractivity contribution in [3.63, 3.8) is 0 Å². The maximum absolute atomic E-state index is 12.8. The molecule has 160 valence electrons. The first-order valence-electron chi connectivity index (χ1n) is 8.94. The highest BCUT2D eigenvalue weighted by Gasteiger charge is 2.31. The molecule has 0 radical (unpaired) electrons. The molecule has 0 saturated carbocycles. The molecule has 3 rings (SSSR count). The fourth-order valence-electron chi connectivity index (χ4n) is 3.14. The topological polar surface area (TPSA) is 93.7 Å². The minimum absolute atomic E-state index is 0.0310. The number of ether oxygens (including phenoxy) is 2. The lowest BCUT2D eigenvalue weighted by Crippen LogP contribution is -2.40. The van der Waals surface area contributed by atoms with Crippen molar-refractivity contribution in [1.29, 1.82) is 0 Å². The Morgan fingerprint density at radius 3 is 2.60 bits per heavy atom. The number of amides is 2. The van der Waals surface area contributed by atoms with Crippen LogP contribution in [0.15, 0.2) is 24.4 Å². The number of aldehydes is 1. The van der Waals surface area contributed by atoms with Crippen molar-refractivity contribution in [3.8, 4) is 0 Å². The highest BCUT2D eigenvalue weighted by molar-refractivity contribution is 6.01. The van der Waals surface area contributed by atoms with Gasteiger partial charge in [0.25, 0.3) is 0 Å². The molecule has 11 heteroatoms. The summed E-state index contributed by atoms with van der Waals surface area (Å²) >= 11 is 0. The van der Waals surface area contributed by atoms with E-state index in [0.717, 1.165) is 12.1 Å². The normalized spacial score (nSPS) is 13.9. The van der Waals surface area contributed by atoms with E-state index in [1.165, 1.54) is 19.1 Å². The Kier molecular flexibility index (Phi) is 6.32. The monoisotopic (exact) mass is 424 g/mol. The van der Waals surface area contributed by atoms with E-state index in [2.05, 4.69) is 15.3 Å². The van der Waals surface area contributed by atoms with Crippen LogP contribution in [0.2, 0.25) is 0 Å². The average molecular weight is 424 g/mol. The fraction of sp³-hybridized carbons (Fsp3) is 0.368. The molecule has 1 N–H and O–H groups in total. The largest absolute Gasteiger partial charge is 0.417 e. The van der Waals surface area contributed by atoms with Crippen LogP contribution >= 0.6 is 0 Å². The van der Waals surface area contributed by atoms with E-state index in [4.69, 9.17) is 9.47 Å². The Morgan fingerprint density at radius 2 is 2.03 bits per heavy atom. The number of nitrogens with zero attached hydrogens (tertiary/aromatic N) is 3. The Bertz CT molecular complexity index is 931. The van der Waals surface area contributed by atoms with Gasteiger partial charge in [-0.05, 0) is 36.6 Å². The van der Waals surface area contributed by atoms with E-state index in [9.17, 15) is 22.8 Å². The molecule has 0 bridgehead atoms. The van der Waals surface area contributed by atoms with E-state index in [-0.39, 0.29) is 17.1 Å². The van der Waals surface area contributed by atoms with Crippen LogP contribution in [0.3, 0.4) is 0 Å². The standard InChI is InChI=1S/C19H19F3N4O4/c1-29-17(30-2)15-12(10-27)8-11-4-3-7-26(16(11)25-15)18(28)24-14-6-5-13(9-23-14)19(20,21)22/h5-6,8-10,17H,3-4,7H2,1-2H3,(H,23,24,28). The van der Waals surface area contributed by atoms with Gasteiger partial charge in [-0.25, -0.2) is 14.8 Å². The maximum atomic E-state index is 12.8. The minimum atomic E-state index is -4.52. The van der Waals surface area contributed by atoms with Crippen molar-refractivity contribution in [1.82, 2.24) is 9.97 Å². The zero-order chi connectivity index (χ0) is 21.9. The molecule has 8 nitrogen and oxygen atoms in total. The van der Waals surface area contributed by atoms with Gasteiger partial charge >= 0.3 is 12.2 Å². The van der Waals surface area contributed by atoms with E-state index >= 15 is 0 Å². The number of aryl methyl sites for hydroxylation is 1. The third-order valence-corrected chi connectivity index (χ3v) is 4.57. The molecule has 0 saturated heterocycles. The second kappa shape index (κ2) is 8.76. The van der Waals surface area contributed by atoms with Gasteiger partial charge in [0, 0.05) is 32.5 Å². The second-order valence-corrected chi connectivity index (χ2v) is 6.48. The zero-order valence-corrected chi connectivity index (χ0v) is 16.2. The minimum Gasteiger partial charge on any atom is -0.350 e. The van der Waals surface area contributed by atoms with Gasteiger partial charge in [0.05, 0.1) is 5.56 Å². The molecule has 0 atom stereocenters. The summed E-state index contributed by atoms with van der Waals surface area (Å²) < 4.78 is 48.4. The van der Waals surface area contributed by atoms with Gasteiger partial charge in [-0.1, -0.05) is 0 Å². The number of hydrogen-bond acceptors (Lipinski definition) is 6. The van der Waals surface area contributed by atoms with Gasteiger partial charge < -0.3 is 9.47 Å². The number of rotatable bonds is 5. The van der Waals surface area contributed by atoms with Crippen LogP contribution in [0, 0.1) is 0 Å². The second-order valence-electron chi connectivity index (χ2n) is 6.48. The molecule has 2 aromatic heterocycles. The number of carbonyl (C=O) groups excluding carboxylic acids is 2. The van der Waals surface area contributed by atoms with E-state index in [1.807, 2.05) is 0 Å². The van der Waals surface area contributed by atoms with Crippen LogP contribution in [0.25, 0.3) is 0 Å². The number of alkyl halides is 3. The molecule has 0 aromatic carbocycles. The molecule has 3 heterocycles. The summed E-state index contributed by atoms with van der Waals surface area (Å²) in [5, 5.41) is 2.47.